The third kappa shape index (κ3) is 3.40. The lowest BCUT2D eigenvalue weighted by Gasteiger charge is -2.41. The number of carboxylic acid groups (broad SMARTS) is 1. The number of aliphatic carboxylic acids is 1. The first-order chi connectivity index (χ1) is 9.58. The first kappa shape index (κ1) is 15.5. The van der Waals surface area contributed by atoms with Gasteiger partial charge in [0.2, 0.25) is 0 Å². The fourth-order valence-electron chi connectivity index (χ4n) is 2.97. The molecule has 1 heterocycles. The molecule has 6 heteroatoms. The molecule has 0 aromatic rings. The highest BCUT2D eigenvalue weighted by molar-refractivity contribution is 8.00. The van der Waals surface area contributed by atoms with Gasteiger partial charge in [0.1, 0.15) is 6.04 Å². The second-order valence-electron chi connectivity index (χ2n) is 5.80. The Morgan fingerprint density at radius 1 is 1.30 bits per heavy atom. The van der Waals surface area contributed by atoms with Gasteiger partial charge in [0.25, 0.3) is 0 Å². The molecule has 2 rings (SSSR count). The Labute approximate surface area is 124 Å². The lowest BCUT2D eigenvalue weighted by molar-refractivity contribution is -0.142. The van der Waals surface area contributed by atoms with Crippen molar-refractivity contribution in [2.75, 3.05) is 19.3 Å². The number of nitrogens with zero attached hydrogens (tertiary/aromatic N) is 1. The molecule has 0 aromatic heterocycles. The third-order valence-corrected chi connectivity index (χ3v) is 5.98. The van der Waals surface area contributed by atoms with Gasteiger partial charge in [-0.05, 0) is 31.9 Å². The highest BCUT2D eigenvalue weighted by Gasteiger charge is 2.37. The van der Waals surface area contributed by atoms with Crippen molar-refractivity contribution < 1.29 is 14.7 Å². The first-order valence-electron chi connectivity index (χ1n) is 7.40. The lowest BCUT2D eigenvalue weighted by Crippen LogP contribution is -2.53. The Bertz CT molecular complexity index is 366. The molecule has 5 nitrogen and oxygen atoms in total. The number of rotatable bonds is 4. The minimum absolute atomic E-state index is 0.181. The normalized spacial score (nSPS) is 25.4. The van der Waals surface area contributed by atoms with Gasteiger partial charge in [0.05, 0.1) is 0 Å². The van der Waals surface area contributed by atoms with Crippen LogP contribution in [0.25, 0.3) is 0 Å². The van der Waals surface area contributed by atoms with E-state index in [4.69, 9.17) is 0 Å². The minimum Gasteiger partial charge on any atom is -0.480 e. The van der Waals surface area contributed by atoms with Crippen LogP contribution in [0.3, 0.4) is 0 Å². The number of hydrogen-bond donors (Lipinski definition) is 2. The Hall–Kier alpha value is -0.910. The molecule has 114 valence electrons. The van der Waals surface area contributed by atoms with Crippen LogP contribution in [-0.4, -0.2) is 52.1 Å². The highest BCUT2D eigenvalue weighted by atomic mass is 32.2. The largest absolute Gasteiger partial charge is 0.480 e. The number of likely N-dealkylation sites (tertiary alicyclic amines) is 1. The number of carbonyl (C=O) groups is 2. The molecule has 1 aliphatic carbocycles. The average molecular weight is 300 g/mol. The van der Waals surface area contributed by atoms with Crippen molar-refractivity contribution in [3.05, 3.63) is 0 Å². The zero-order valence-electron chi connectivity index (χ0n) is 12.1. The number of hydrogen-bond acceptors (Lipinski definition) is 3. The molecule has 20 heavy (non-hydrogen) atoms. The molecule has 2 aliphatic rings. The Balaban J connectivity index is 1.93. The van der Waals surface area contributed by atoms with Crippen molar-refractivity contribution >= 4 is 23.8 Å². The van der Waals surface area contributed by atoms with E-state index in [2.05, 4.69) is 11.6 Å². The predicted molar refractivity (Wildman–Crippen MR) is 80.1 cm³/mol. The standard InChI is InChI=1S/C14H24N2O3S/c1-20-14(7-5-8-14)10-15-13(19)16-9-4-2-3-6-11(16)12(17)18/h11H,2-10H2,1H3,(H,15,19)(H,17,18). The number of thioether (sulfide) groups is 1. The van der Waals surface area contributed by atoms with E-state index >= 15 is 0 Å². The summed E-state index contributed by atoms with van der Waals surface area (Å²) in [6.45, 7) is 1.20. The maximum Gasteiger partial charge on any atom is 0.326 e. The van der Waals surface area contributed by atoms with E-state index in [1.54, 1.807) is 0 Å². The topological polar surface area (TPSA) is 69.6 Å². The maximum atomic E-state index is 12.3. The molecule has 0 radical (unpaired) electrons. The zero-order chi connectivity index (χ0) is 14.6. The predicted octanol–water partition coefficient (Wildman–Crippen LogP) is 2.31. The van der Waals surface area contributed by atoms with E-state index in [1.165, 1.54) is 11.3 Å². The van der Waals surface area contributed by atoms with E-state index in [1.807, 2.05) is 11.8 Å². The van der Waals surface area contributed by atoms with Crippen LogP contribution in [0.1, 0.15) is 44.9 Å². The fourth-order valence-corrected chi connectivity index (χ4v) is 3.88. The molecular weight excluding hydrogens is 276 g/mol. The second-order valence-corrected chi connectivity index (χ2v) is 7.07. The number of carbonyl (C=O) groups excluding carboxylic acids is 1. The van der Waals surface area contributed by atoms with E-state index in [9.17, 15) is 14.7 Å². The molecule has 0 spiro atoms. The van der Waals surface area contributed by atoms with Gasteiger partial charge < -0.3 is 15.3 Å². The molecule has 1 aliphatic heterocycles. The molecule has 0 bridgehead atoms. The van der Waals surface area contributed by atoms with Gasteiger partial charge in [-0.25, -0.2) is 9.59 Å². The third-order valence-electron chi connectivity index (χ3n) is 4.56. The summed E-state index contributed by atoms with van der Waals surface area (Å²) in [6, 6.07) is -0.872. The van der Waals surface area contributed by atoms with Gasteiger partial charge in [0, 0.05) is 17.8 Å². The van der Waals surface area contributed by atoms with Crippen molar-refractivity contribution in [3.63, 3.8) is 0 Å². The zero-order valence-corrected chi connectivity index (χ0v) is 12.9. The first-order valence-corrected chi connectivity index (χ1v) is 8.63. The molecule has 1 saturated heterocycles. The summed E-state index contributed by atoms with van der Waals surface area (Å²) < 4.78 is 0.181. The van der Waals surface area contributed by atoms with E-state index in [0.717, 1.165) is 32.1 Å². The van der Waals surface area contributed by atoms with Crippen molar-refractivity contribution in [1.82, 2.24) is 10.2 Å². The van der Waals surface area contributed by atoms with Crippen LogP contribution in [0.4, 0.5) is 4.79 Å². The van der Waals surface area contributed by atoms with Crippen molar-refractivity contribution in [2.24, 2.45) is 0 Å². The number of carboxylic acids is 1. The summed E-state index contributed by atoms with van der Waals surface area (Å²) in [5.41, 5.74) is 0. The number of amides is 2. The average Bonchev–Trinajstić information content (AvgIpc) is 2.63. The Kier molecular flexibility index (Phi) is 5.18. The van der Waals surface area contributed by atoms with Crippen LogP contribution in [0.5, 0.6) is 0 Å². The SMILES string of the molecule is CSC1(CNC(=O)N2CCCCCC2C(=O)O)CCC1. The molecule has 2 amide bonds. The second kappa shape index (κ2) is 6.70. The highest BCUT2D eigenvalue weighted by Crippen LogP contribution is 2.42. The smallest absolute Gasteiger partial charge is 0.326 e. The summed E-state index contributed by atoms with van der Waals surface area (Å²) >= 11 is 1.81. The van der Waals surface area contributed by atoms with Gasteiger partial charge in [-0.1, -0.05) is 19.3 Å². The summed E-state index contributed by atoms with van der Waals surface area (Å²) in [7, 11) is 0. The molecule has 1 unspecified atom stereocenters. The Morgan fingerprint density at radius 3 is 2.60 bits per heavy atom. The molecule has 1 saturated carbocycles. The molecule has 0 aromatic carbocycles. The number of nitrogens with one attached hydrogen (secondary N) is 1. The van der Waals surface area contributed by atoms with Crippen LogP contribution < -0.4 is 5.32 Å². The van der Waals surface area contributed by atoms with Crippen LogP contribution in [0.2, 0.25) is 0 Å². The summed E-state index contributed by atoms with van der Waals surface area (Å²) in [6.07, 6.45) is 8.92. The van der Waals surface area contributed by atoms with Crippen molar-refractivity contribution in [3.8, 4) is 0 Å². The monoisotopic (exact) mass is 300 g/mol. The lowest BCUT2D eigenvalue weighted by atomic mass is 9.84. The molecule has 2 N–H and O–H groups in total. The van der Waals surface area contributed by atoms with Crippen LogP contribution >= 0.6 is 11.8 Å². The van der Waals surface area contributed by atoms with Gasteiger partial charge in [0.15, 0.2) is 0 Å². The van der Waals surface area contributed by atoms with Gasteiger partial charge >= 0.3 is 12.0 Å². The van der Waals surface area contributed by atoms with Crippen LogP contribution in [0.15, 0.2) is 0 Å². The summed E-state index contributed by atoms with van der Waals surface area (Å²) in [5, 5.41) is 12.2. The van der Waals surface area contributed by atoms with E-state index in [0.29, 0.717) is 19.5 Å². The molecule has 2 fully saturated rings. The van der Waals surface area contributed by atoms with Gasteiger partial charge in [-0.3, -0.25) is 0 Å². The van der Waals surface area contributed by atoms with Gasteiger partial charge in [-0.15, -0.1) is 0 Å². The molecular formula is C14H24N2O3S. The number of urea groups is 1. The van der Waals surface area contributed by atoms with Crippen LogP contribution in [-0.2, 0) is 4.79 Å². The minimum atomic E-state index is -0.884. The van der Waals surface area contributed by atoms with Gasteiger partial charge in [-0.2, -0.15) is 11.8 Å². The quantitative estimate of drug-likeness (QED) is 0.836. The summed E-state index contributed by atoms with van der Waals surface area (Å²) in [5.74, 6) is -0.884. The Morgan fingerprint density at radius 2 is 2.05 bits per heavy atom. The van der Waals surface area contributed by atoms with Crippen LogP contribution in [0, 0.1) is 0 Å². The maximum absolute atomic E-state index is 12.3. The molecule has 1 atom stereocenters. The van der Waals surface area contributed by atoms with Crippen molar-refractivity contribution in [2.45, 2.75) is 55.7 Å². The summed E-state index contributed by atoms with van der Waals surface area (Å²) in [4.78, 5) is 25.1. The van der Waals surface area contributed by atoms with E-state index < -0.39 is 12.0 Å². The fraction of sp³-hybridized carbons (Fsp3) is 0.857. The van der Waals surface area contributed by atoms with Crippen molar-refractivity contribution in [1.29, 1.82) is 0 Å². The van der Waals surface area contributed by atoms with E-state index in [-0.39, 0.29) is 10.8 Å².